The highest BCUT2D eigenvalue weighted by Gasteiger charge is 2.16. The van der Waals surface area contributed by atoms with Gasteiger partial charge in [0.2, 0.25) is 0 Å². The normalized spacial score (nSPS) is 10.2. The molecule has 0 aliphatic heterocycles. The van der Waals surface area contributed by atoms with Gasteiger partial charge in [-0.25, -0.2) is 4.79 Å². The molecule has 30 heavy (non-hydrogen) atoms. The molecule has 3 aromatic carbocycles. The van der Waals surface area contributed by atoms with Crippen LogP contribution in [0, 0.1) is 0 Å². The molecule has 0 spiro atoms. The van der Waals surface area contributed by atoms with E-state index in [1.165, 1.54) is 19.2 Å². The van der Waals surface area contributed by atoms with Crippen LogP contribution < -0.4 is 10.2 Å². The number of nitrogens with one attached hydrogen (secondary N) is 1. The lowest BCUT2D eigenvalue weighted by Gasteiger charge is -2.21. The molecule has 0 radical (unpaired) electrons. The van der Waals surface area contributed by atoms with Gasteiger partial charge in [0.05, 0.1) is 12.7 Å². The number of amides is 2. The second kappa shape index (κ2) is 9.52. The van der Waals surface area contributed by atoms with Crippen LogP contribution in [-0.4, -0.2) is 31.4 Å². The molecule has 0 atom stereocenters. The van der Waals surface area contributed by atoms with Crippen LogP contribution in [0.15, 0.2) is 78.9 Å². The van der Waals surface area contributed by atoms with Crippen LogP contribution in [0.5, 0.6) is 0 Å². The fraction of sp³-hybridized carbons (Fsp3) is 0.125. The minimum atomic E-state index is -0.459. The van der Waals surface area contributed by atoms with Gasteiger partial charge in [0, 0.05) is 29.0 Å². The van der Waals surface area contributed by atoms with Crippen LogP contribution in [0.2, 0.25) is 0 Å². The number of hydrogen-bond acceptors (Lipinski definition) is 4. The third-order valence-corrected chi connectivity index (χ3v) is 4.59. The van der Waals surface area contributed by atoms with Crippen LogP contribution in [0.25, 0.3) is 0 Å². The van der Waals surface area contributed by atoms with E-state index < -0.39 is 5.97 Å². The Balaban J connectivity index is 1.68. The summed E-state index contributed by atoms with van der Waals surface area (Å²) in [5, 5.41) is 2.78. The first-order valence-corrected chi connectivity index (χ1v) is 9.50. The van der Waals surface area contributed by atoms with Crippen molar-refractivity contribution in [3.05, 3.63) is 95.6 Å². The van der Waals surface area contributed by atoms with Crippen LogP contribution in [0.3, 0.4) is 0 Å². The summed E-state index contributed by atoms with van der Waals surface area (Å²) in [6.45, 7) is 2.47. The van der Waals surface area contributed by atoms with Gasteiger partial charge in [0.25, 0.3) is 11.8 Å². The van der Waals surface area contributed by atoms with Crippen molar-refractivity contribution in [2.45, 2.75) is 6.92 Å². The molecule has 6 nitrogen and oxygen atoms in total. The minimum Gasteiger partial charge on any atom is -0.465 e. The number of carbonyl (C=O) groups is 3. The molecule has 2 amide bonds. The van der Waals surface area contributed by atoms with Gasteiger partial charge in [0.15, 0.2) is 0 Å². The van der Waals surface area contributed by atoms with Crippen molar-refractivity contribution in [1.29, 1.82) is 0 Å². The number of esters is 1. The van der Waals surface area contributed by atoms with Gasteiger partial charge < -0.3 is 15.0 Å². The van der Waals surface area contributed by atoms with Gasteiger partial charge in [-0.1, -0.05) is 18.2 Å². The Morgan fingerprint density at radius 1 is 0.800 bits per heavy atom. The molecule has 0 aliphatic rings. The lowest BCUT2D eigenvalue weighted by atomic mass is 10.1. The summed E-state index contributed by atoms with van der Waals surface area (Å²) in [7, 11) is 1.30. The zero-order chi connectivity index (χ0) is 21.5. The molecule has 6 heteroatoms. The maximum absolute atomic E-state index is 12.8. The van der Waals surface area contributed by atoms with E-state index >= 15 is 0 Å². The van der Waals surface area contributed by atoms with E-state index in [2.05, 4.69) is 10.1 Å². The number of ether oxygens (including phenoxy) is 1. The van der Waals surface area contributed by atoms with Gasteiger partial charge in [0.1, 0.15) is 0 Å². The molecule has 0 saturated heterocycles. The van der Waals surface area contributed by atoms with Gasteiger partial charge in [-0.2, -0.15) is 0 Å². The van der Waals surface area contributed by atoms with Gasteiger partial charge in [-0.3, -0.25) is 9.59 Å². The second-order valence-electron chi connectivity index (χ2n) is 6.49. The van der Waals surface area contributed by atoms with Crippen LogP contribution >= 0.6 is 0 Å². The number of para-hydroxylation sites is 1. The quantitative estimate of drug-likeness (QED) is 0.621. The standard InChI is InChI=1S/C24H22N2O4/c1-3-26(21-7-5-4-6-8-21)23(28)18-13-15-20(16-14-18)25-22(27)17-9-11-19(12-10-17)24(29)30-2/h4-16H,3H2,1-2H3,(H,25,27). The Bertz CT molecular complexity index is 1030. The second-order valence-corrected chi connectivity index (χ2v) is 6.49. The summed E-state index contributed by atoms with van der Waals surface area (Å²) in [6, 6.07) is 22.4. The fourth-order valence-electron chi connectivity index (χ4n) is 2.98. The van der Waals surface area contributed by atoms with Crippen LogP contribution in [-0.2, 0) is 4.74 Å². The lowest BCUT2D eigenvalue weighted by molar-refractivity contribution is 0.0600. The van der Waals surface area contributed by atoms with E-state index in [1.807, 2.05) is 37.3 Å². The van der Waals surface area contributed by atoms with Crippen molar-refractivity contribution in [3.8, 4) is 0 Å². The Hall–Kier alpha value is -3.93. The highest BCUT2D eigenvalue weighted by molar-refractivity contribution is 6.07. The number of rotatable bonds is 6. The lowest BCUT2D eigenvalue weighted by Crippen LogP contribution is -2.30. The van der Waals surface area contributed by atoms with Gasteiger partial charge in [-0.05, 0) is 67.6 Å². The van der Waals surface area contributed by atoms with Gasteiger partial charge >= 0.3 is 5.97 Å². The Kier molecular flexibility index (Phi) is 6.60. The van der Waals surface area contributed by atoms with Gasteiger partial charge in [-0.15, -0.1) is 0 Å². The first-order valence-electron chi connectivity index (χ1n) is 9.50. The molecule has 0 aromatic heterocycles. The molecule has 1 N–H and O–H groups in total. The molecule has 152 valence electrons. The zero-order valence-corrected chi connectivity index (χ0v) is 16.8. The molecule has 3 rings (SSSR count). The van der Waals surface area contributed by atoms with E-state index in [1.54, 1.807) is 41.3 Å². The third-order valence-electron chi connectivity index (χ3n) is 4.59. The minimum absolute atomic E-state index is 0.111. The number of hydrogen-bond donors (Lipinski definition) is 1. The number of carbonyl (C=O) groups excluding carboxylic acids is 3. The van der Waals surface area contributed by atoms with Crippen molar-refractivity contribution < 1.29 is 19.1 Å². The van der Waals surface area contributed by atoms with Crippen molar-refractivity contribution in [2.75, 3.05) is 23.9 Å². The summed E-state index contributed by atoms with van der Waals surface area (Å²) in [6.07, 6.45) is 0. The highest BCUT2D eigenvalue weighted by atomic mass is 16.5. The Morgan fingerprint density at radius 2 is 1.37 bits per heavy atom. The maximum Gasteiger partial charge on any atom is 0.337 e. The number of benzene rings is 3. The summed E-state index contributed by atoms with van der Waals surface area (Å²) in [4.78, 5) is 38.4. The smallest absolute Gasteiger partial charge is 0.337 e. The topological polar surface area (TPSA) is 75.7 Å². The SMILES string of the molecule is CCN(C(=O)c1ccc(NC(=O)c2ccc(C(=O)OC)cc2)cc1)c1ccccc1. The molecule has 0 aliphatic carbocycles. The first kappa shape index (κ1) is 20.8. The molecule has 0 saturated carbocycles. The highest BCUT2D eigenvalue weighted by Crippen LogP contribution is 2.18. The van der Waals surface area contributed by atoms with E-state index in [9.17, 15) is 14.4 Å². The monoisotopic (exact) mass is 402 g/mol. The van der Waals surface area contributed by atoms with Crippen LogP contribution in [0.4, 0.5) is 11.4 Å². The number of anilines is 2. The summed E-state index contributed by atoms with van der Waals surface area (Å²) < 4.78 is 4.65. The number of methoxy groups -OCH3 is 1. The molecule has 0 bridgehead atoms. The Morgan fingerprint density at radius 3 is 1.93 bits per heavy atom. The molecular weight excluding hydrogens is 380 g/mol. The van der Waals surface area contributed by atoms with Crippen molar-refractivity contribution in [2.24, 2.45) is 0 Å². The van der Waals surface area contributed by atoms with Crippen molar-refractivity contribution in [3.63, 3.8) is 0 Å². The summed E-state index contributed by atoms with van der Waals surface area (Å²) in [5.41, 5.74) is 2.70. The Labute approximate surface area is 175 Å². The largest absolute Gasteiger partial charge is 0.465 e. The summed E-state index contributed by atoms with van der Waals surface area (Å²) in [5.74, 6) is -0.885. The molecule has 0 fully saturated rings. The van der Waals surface area contributed by atoms with Crippen molar-refractivity contribution >= 4 is 29.2 Å². The maximum atomic E-state index is 12.8. The molecule has 0 unspecified atom stereocenters. The molecule has 3 aromatic rings. The van der Waals surface area contributed by atoms with E-state index in [0.29, 0.717) is 28.9 Å². The molecular formula is C24H22N2O4. The summed E-state index contributed by atoms with van der Waals surface area (Å²) >= 11 is 0. The predicted molar refractivity (Wildman–Crippen MR) is 116 cm³/mol. The zero-order valence-electron chi connectivity index (χ0n) is 16.8. The first-order chi connectivity index (χ1) is 14.5. The van der Waals surface area contributed by atoms with E-state index in [0.717, 1.165) is 5.69 Å². The van der Waals surface area contributed by atoms with Crippen LogP contribution in [0.1, 0.15) is 38.0 Å². The number of nitrogens with zero attached hydrogens (tertiary/aromatic N) is 1. The van der Waals surface area contributed by atoms with Crippen molar-refractivity contribution in [1.82, 2.24) is 0 Å². The van der Waals surface area contributed by atoms with E-state index in [-0.39, 0.29) is 11.8 Å². The third kappa shape index (κ3) is 4.72. The predicted octanol–water partition coefficient (Wildman–Crippen LogP) is 4.39. The fourth-order valence-corrected chi connectivity index (χ4v) is 2.98. The van der Waals surface area contributed by atoms with E-state index in [4.69, 9.17) is 0 Å². The average Bonchev–Trinajstić information content (AvgIpc) is 2.80. The molecule has 0 heterocycles. The average molecular weight is 402 g/mol.